The van der Waals surface area contributed by atoms with Gasteiger partial charge in [0.1, 0.15) is 7.85 Å². The molecule has 5 nitrogen and oxygen atoms in total. The SMILES string of the molecule is CF.O=C1CCCCCO1.[B]CCC.[B]CCC.[B]CCC.[B]COC(=O)CCCCCO. The molecule has 1 aliphatic rings. The van der Waals surface area contributed by atoms with Gasteiger partial charge < -0.3 is 14.6 Å². The smallest absolute Gasteiger partial charge is 0.305 e. The number of esters is 2. The van der Waals surface area contributed by atoms with Crippen LogP contribution in [-0.4, -0.2) is 75.3 Å². The Balaban J connectivity index is -0.000000104. The van der Waals surface area contributed by atoms with E-state index in [4.69, 9.17) is 41.2 Å². The summed E-state index contributed by atoms with van der Waals surface area (Å²) in [4.78, 5) is 21.1. The number of hydrogen-bond acceptors (Lipinski definition) is 5. The quantitative estimate of drug-likeness (QED) is 0.299. The highest BCUT2D eigenvalue weighted by atomic mass is 19.1. The van der Waals surface area contributed by atoms with Crippen molar-refractivity contribution in [3.8, 4) is 0 Å². The molecule has 0 bridgehead atoms. The van der Waals surface area contributed by atoms with Crippen molar-refractivity contribution in [3.05, 3.63) is 0 Å². The van der Waals surface area contributed by atoms with Gasteiger partial charge in [0.2, 0.25) is 0 Å². The molecule has 1 fully saturated rings. The molecule has 1 rings (SSSR count). The van der Waals surface area contributed by atoms with E-state index in [9.17, 15) is 14.0 Å². The van der Waals surface area contributed by atoms with E-state index in [0.717, 1.165) is 76.7 Å². The van der Waals surface area contributed by atoms with E-state index >= 15 is 0 Å². The van der Waals surface area contributed by atoms with E-state index in [2.05, 4.69) is 25.5 Å². The first-order valence-corrected chi connectivity index (χ1v) is 12.0. The van der Waals surface area contributed by atoms with Gasteiger partial charge in [0.05, 0.1) is 37.3 Å². The van der Waals surface area contributed by atoms with E-state index in [1.54, 1.807) is 0 Å². The average molecular weight is 466 g/mol. The van der Waals surface area contributed by atoms with E-state index in [1.165, 1.54) is 0 Å². The van der Waals surface area contributed by atoms with Crippen molar-refractivity contribution in [2.24, 2.45) is 0 Å². The van der Waals surface area contributed by atoms with Crippen LogP contribution in [0.25, 0.3) is 0 Å². The lowest BCUT2D eigenvalue weighted by molar-refractivity contribution is -0.143. The molecule has 0 atom stereocenters. The first-order valence-electron chi connectivity index (χ1n) is 12.0. The second-order valence-electron chi connectivity index (χ2n) is 6.61. The molecule has 0 aliphatic carbocycles. The Labute approximate surface area is 209 Å². The van der Waals surface area contributed by atoms with E-state index in [1.807, 2.05) is 0 Å². The summed E-state index contributed by atoms with van der Waals surface area (Å²) in [5.41, 5.74) is 0. The second kappa shape index (κ2) is 48.5. The molecule has 33 heavy (non-hydrogen) atoms. The maximum atomic E-state index is 10.6. The van der Waals surface area contributed by atoms with Crippen molar-refractivity contribution in [1.82, 2.24) is 0 Å². The van der Waals surface area contributed by atoms with Crippen LogP contribution in [0.2, 0.25) is 19.0 Å². The molecule has 0 saturated carbocycles. The summed E-state index contributed by atoms with van der Waals surface area (Å²) < 4.78 is 18.8. The topological polar surface area (TPSA) is 72.8 Å². The van der Waals surface area contributed by atoms with Gasteiger partial charge in [-0.3, -0.25) is 14.0 Å². The number of cyclic esters (lactones) is 1. The summed E-state index contributed by atoms with van der Waals surface area (Å²) in [6, 6.07) is 0. The van der Waals surface area contributed by atoms with Crippen molar-refractivity contribution in [3.63, 3.8) is 0 Å². The molecule has 0 aromatic heterocycles. The van der Waals surface area contributed by atoms with Crippen LogP contribution in [0.1, 0.15) is 91.4 Å². The molecule has 0 aromatic carbocycles. The van der Waals surface area contributed by atoms with Crippen molar-refractivity contribution in [2.45, 2.75) is 110 Å². The number of halogens is 1. The highest BCUT2D eigenvalue weighted by molar-refractivity contribution is 6.09. The molecule has 10 heteroatoms. The monoisotopic (exact) mass is 466 g/mol. The largest absolute Gasteiger partial charge is 0.476 e. The third-order valence-electron chi connectivity index (χ3n) is 3.44. The standard InChI is InChI=1S/C7H13BO3.C6H10O2.3C3H7B.CH3F/c8-6-11-7(10)4-2-1-3-5-9;7-6-4-2-1-3-5-8-6;3*1-2-3-4;1-2/h9H,1-6H2;1-5H2;3*2-3H2,1H3;1H3. The zero-order valence-electron chi connectivity index (χ0n) is 21.8. The zero-order chi connectivity index (χ0) is 26.6. The fourth-order valence-electron chi connectivity index (χ4n) is 1.53. The number of carbonyl (C=O) groups excluding carboxylic acids is 2. The number of carbonyl (C=O) groups is 2. The predicted octanol–water partition coefficient (Wildman–Crippen LogP) is 4.85. The number of alkyl halides is 1. The Morgan fingerprint density at radius 2 is 1.39 bits per heavy atom. The molecule has 1 heterocycles. The fourth-order valence-corrected chi connectivity index (χ4v) is 1.53. The minimum atomic E-state index is -0.259. The third-order valence-corrected chi connectivity index (χ3v) is 3.44. The first-order chi connectivity index (χ1) is 15.9. The number of unbranched alkanes of at least 4 members (excludes halogenated alkanes) is 2. The summed E-state index contributed by atoms with van der Waals surface area (Å²) in [5, 5.41) is 8.40. The van der Waals surface area contributed by atoms with Crippen molar-refractivity contribution in [2.75, 3.05) is 26.9 Å². The summed E-state index contributed by atoms with van der Waals surface area (Å²) in [6.07, 6.45) is 12.3. The van der Waals surface area contributed by atoms with Gasteiger partial charge >= 0.3 is 11.9 Å². The van der Waals surface area contributed by atoms with Crippen molar-refractivity contribution >= 4 is 43.3 Å². The second-order valence-corrected chi connectivity index (χ2v) is 6.61. The van der Waals surface area contributed by atoms with Crippen molar-refractivity contribution in [1.29, 1.82) is 0 Å². The Morgan fingerprint density at radius 3 is 1.79 bits per heavy atom. The molecule has 0 amide bonds. The molecule has 0 aromatic rings. The van der Waals surface area contributed by atoms with Crippen LogP contribution in [0.15, 0.2) is 0 Å². The number of hydrogen-bond donors (Lipinski definition) is 1. The molecule has 8 radical (unpaired) electrons. The lowest BCUT2D eigenvalue weighted by Crippen LogP contribution is -2.05. The van der Waals surface area contributed by atoms with Gasteiger partial charge in [0.15, 0.2) is 0 Å². The van der Waals surface area contributed by atoms with Crippen LogP contribution in [0.4, 0.5) is 4.39 Å². The minimum Gasteiger partial charge on any atom is -0.476 e. The van der Waals surface area contributed by atoms with Gasteiger partial charge in [-0.15, -0.1) is 0 Å². The predicted molar refractivity (Wildman–Crippen MR) is 141 cm³/mol. The normalized spacial score (nSPS) is 11.3. The van der Waals surface area contributed by atoms with Crippen LogP contribution in [0.5, 0.6) is 0 Å². The summed E-state index contributed by atoms with van der Waals surface area (Å²) in [7, 11) is 20.6. The van der Waals surface area contributed by atoms with E-state index in [0.29, 0.717) is 26.6 Å². The van der Waals surface area contributed by atoms with Gasteiger partial charge in [-0.05, 0) is 32.1 Å². The van der Waals surface area contributed by atoms with Crippen LogP contribution in [0, 0.1) is 0 Å². The summed E-state index contributed by atoms with van der Waals surface area (Å²) in [5.74, 6) is -0.284. The molecule has 188 valence electrons. The summed E-state index contributed by atoms with van der Waals surface area (Å²) in [6.45, 7) is 6.95. The number of ether oxygens (including phenoxy) is 2. The first kappa shape index (κ1) is 42.3. The highest BCUT2D eigenvalue weighted by Gasteiger charge is 2.05. The molecule has 1 N–H and O–H groups in total. The lowest BCUT2D eigenvalue weighted by atomic mass is 10.0. The fraction of sp³-hybridized carbons (Fsp3) is 0.913. The van der Waals surface area contributed by atoms with Gasteiger partial charge in [-0.25, -0.2) is 0 Å². The zero-order valence-corrected chi connectivity index (χ0v) is 21.8. The lowest BCUT2D eigenvalue weighted by Gasteiger charge is -2.00. The van der Waals surface area contributed by atoms with Gasteiger partial charge in [-0.2, -0.15) is 0 Å². The minimum absolute atomic E-state index is 0.0255. The Morgan fingerprint density at radius 1 is 0.909 bits per heavy atom. The molecular formula is C23H47B4FO5. The number of rotatable bonds is 9. The number of aliphatic hydroxyl groups excluding tert-OH is 1. The average Bonchev–Trinajstić information content (AvgIpc) is 3.11. The Hall–Kier alpha value is -0.910. The molecule has 0 spiro atoms. The molecule has 0 unspecified atom stereocenters. The van der Waals surface area contributed by atoms with Crippen LogP contribution < -0.4 is 0 Å². The number of aliphatic hydroxyl groups is 1. The van der Waals surface area contributed by atoms with Crippen molar-refractivity contribution < 1.29 is 28.6 Å². The van der Waals surface area contributed by atoms with Gasteiger partial charge in [0.25, 0.3) is 0 Å². The van der Waals surface area contributed by atoms with Crippen LogP contribution >= 0.6 is 0 Å². The third kappa shape index (κ3) is 65.2. The van der Waals surface area contributed by atoms with E-state index in [-0.39, 0.29) is 25.1 Å². The van der Waals surface area contributed by atoms with Gasteiger partial charge in [0, 0.05) is 26.0 Å². The maximum absolute atomic E-state index is 10.6. The Kier molecular flexibility index (Phi) is 62.1. The maximum Gasteiger partial charge on any atom is 0.305 e. The summed E-state index contributed by atoms with van der Waals surface area (Å²) >= 11 is 0. The van der Waals surface area contributed by atoms with Crippen LogP contribution in [0.3, 0.4) is 0 Å². The Bertz CT molecular complexity index is 316. The van der Waals surface area contributed by atoms with E-state index < -0.39 is 0 Å². The highest BCUT2D eigenvalue weighted by Crippen LogP contribution is 2.06. The van der Waals surface area contributed by atoms with Gasteiger partial charge in [-0.1, -0.05) is 65.4 Å². The van der Waals surface area contributed by atoms with Crippen LogP contribution in [-0.2, 0) is 19.1 Å². The molecular weight excluding hydrogens is 418 g/mol. The molecule has 1 aliphatic heterocycles. The molecule has 1 saturated heterocycles.